The lowest BCUT2D eigenvalue weighted by Crippen LogP contribution is -2.16. The normalized spacial score (nSPS) is 11.7. The van der Waals surface area contributed by atoms with Gasteiger partial charge >= 0.3 is 6.18 Å². The van der Waals surface area contributed by atoms with Crippen molar-refractivity contribution in [3.8, 4) is 5.75 Å². The number of aromatic nitrogens is 3. The van der Waals surface area contributed by atoms with Gasteiger partial charge in [0.15, 0.2) is 0 Å². The number of anilines is 1. The number of methoxy groups -OCH3 is 1. The number of fused-ring (bicyclic) bond motifs is 1. The number of imidazole rings is 1. The van der Waals surface area contributed by atoms with Crippen molar-refractivity contribution in [2.45, 2.75) is 6.18 Å². The van der Waals surface area contributed by atoms with Crippen LogP contribution in [0, 0.1) is 0 Å². The Labute approximate surface area is 160 Å². The van der Waals surface area contributed by atoms with Gasteiger partial charge in [0, 0.05) is 19.4 Å². The molecule has 0 aliphatic rings. The van der Waals surface area contributed by atoms with Crippen molar-refractivity contribution in [1.82, 2.24) is 14.5 Å². The van der Waals surface area contributed by atoms with Crippen LogP contribution in [-0.4, -0.2) is 27.6 Å². The number of hydrogen-bond acceptors (Lipinski definition) is 4. The van der Waals surface area contributed by atoms with Gasteiger partial charge in [0.25, 0.3) is 5.91 Å². The summed E-state index contributed by atoms with van der Waals surface area (Å²) in [7, 11) is 2.47. The SMILES string of the molecule is COc1ccc(C(=O)Nc2c(Cl)cncc2Cl)c2c1nc(C(F)(F)F)n2C. The van der Waals surface area contributed by atoms with Gasteiger partial charge in [-0.1, -0.05) is 23.2 Å². The lowest BCUT2D eigenvalue weighted by molar-refractivity contribution is -0.146. The summed E-state index contributed by atoms with van der Waals surface area (Å²) in [5.74, 6) is -1.77. The Morgan fingerprint density at radius 2 is 1.85 bits per heavy atom. The maximum Gasteiger partial charge on any atom is 0.449 e. The van der Waals surface area contributed by atoms with E-state index in [1.165, 1.54) is 38.7 Å². The molecular formula is C16H11Cl2F3N4O2. The smallest absolute Gasteiger partial charge is 0.449 e. The van der Waals surface area contributed by atoms with Crippen molar-refractivity contribution in [2.24, 2.45) is 7.05 Å². The molecule has 0 aliphatic carbocycles. The molecule has 3 rings (SSSR count). The maximum atomic E-state index is 13.2. The Morgan fingerprint density at radius 3 is 2.41 bits per heavy atom. The van der Waals surface area contributed by atoms with Gasteiger partial charge in [-0.25, -0.2) is 4.98 Å². The van der Waals surface area contributed by atoms with Crippen LogP contribution in [0.4, 0.5) is 18.9 Å². The largest absolute Gasteiger partial charge is 0.494 e. The predicted molar refractivity (Wildman–Crippen MR) is 94.5 cm³/mol. The molecule has 11 heteroatoms. The molecule has 1 aromatic carbocycles. The molecule has 1 amide bonds. The standard InChI is InChI=1S/C16H11Cl2F3N4O2/c1-25-13-7(14(26)23-11-8(17)5-22-6-9(11)18)3-4-10(27-2)12(13)24-15(25)16(19,20)21/h3-6H,1-2H3,(H,22,23,26). The van der Waals surface area contributed by atoms with Gasteiger partial charge in [-0.05, 0) is 12.1 Å². The second kappa shape index (κ2) is 6.90. The molecule has 0 saturated carbocycles. The highest BCUT2D eigenvalue weighted by Gasteiger charge is 2.38. The molecule has 0 saturated heterocycles. The zero-order valence-electron chi connectivity index (χ0n) is 13.9. The van der Waals surface area contributed by atoms with Gasteiger partial charge < -0.3 is 14.6 Å². The van der Waals surface area contributed by atoms with E-state index in [2.05, 4.69) is 15.3 Å². The summed E-state index contributed by atoms with van der Waals surface area (Å²) < 4.78 is 45.6. The highest BCUT2D eigenvalue weighted by molar-refractivity contribution is 6.39. The maximum absolute atomic E-state index is 13.2. The molecule has 1 N–H and O–H groups in total. The summed E-state index contributed by atoms with van der Waals surface area (Å²) >= 11 is 11.9. The quantitative estimate of drug-likeness (QED) is 0.676. The van der Waals surface area contributed by atoms with Crippen LogP contribution in [0.15, 0.2) is 24.5 Å². The summed E-state index contributed by atoms with van der Waals surface area (Å²) in [5.41, 5.74) is -0.0897. The minimum absolute atomic E-state index is 0.0412. The van der Waals surface area contributed by atoms with Crippen LogP contribution >= 0.6 is 23.2 Å². The van der Waals surface area contributed by atoms with Gasteiger partial charge in [0.05, 0.1) is 33.9 Å². The minimum atomic E-state index is -4.70. The molecule has 27 heavy (non-hydrogen) atoms. The average molecular weight is 419 g/mol. The zero-order chi connectivity index (χ0) is 19.9. The molecule has 0 aliphatic heterocycles. The highest BCUT2D eigenvalue weighted by atomic mass is 35.5. The number of pyridine rings is 1. The fourth-order valence-electron chi connectivity index (χ4n) is 2.61. The molecular weight excluding hydrogens is 408 g/mol. The molecule has 2 heterocycles. The number of nitrogens with one attached hydrogen (secondary N) is 1. The molecule has 0 fully saturated rings. The number of hydrogen-bond donors (Lipinski definition) is 1. The molecule has 142 valence electrons. The summed E-state index contributed by atoms with van der Waals surface area (Å²) in [6.07, 6.45) is -2.15. The van der Waals surface area contributed by atoms with Gasteiger partial charge in [-0.3, -0.25) is 9.78 Å². The summed E-state index contributed by atoms with van der Waals surface area (Å²) in [5, 5.41) is 2.66. The van der Waals surface area contributed by atoms with E-state index in [0.717, 1.165) is 4.57 Å². The number of carbonyl (C=O) groups is 1. The minimum Gasteiger partial charge on any atom is -0.494 e. The van der Waals surface area contributed by atoms with Crippen LogP contribution in [0.2, 0.25) is 10.0 Å². The summed E-state index contributed by atoms with van der Waals surface area (Å²) in [6.45, 7) is 0. The number of ether oxygens (including phenoxy) is 1. The van der Waals surface area contributed by atoms with Crippen LogP contribution in [0.3, 0.4) is 0 Å². The van der Waals surface area contributed by atoms with Crippen molar-refractivity contribution >= 4 is 45.8 Å². The Bertz CT molecular complexity index is 1030. The Balaban J connectivity index is 2.17. The van der Waals surface area contributed by atoms with E-state index in [9.17, 15) is 18.0 Å². The van der Waals surface area contributed by atoms with E-state index in [1.54, 1.807) is 0 Å². The number of benzene rings is 1. The van der Waals surface area contributed by atoms with Crippen molar-refractivity contribution in [3.63, 3.8) is 0 Å². The molecule has 2 aromatic heterocycles. The van der Waals surface area contributed by atoms with E-state index in [4.69, 9.17) is 27.9 Å². The monoisotopic (exact) mass is 418 g/mol. The molecule has 0 bridgehead atoms. The van der Waals surface area contributed by atoms with E-state index >= 15 is 0 Å². The van der Waals surface area contributed by atoms with Crippen molar-refractivity contribution in [1.29, 1.82) is 0 Å². The second-order valence-corrected chi connectivity index (χ2v) is 6.25. The van der Waals surface area contributed by atoms with E-state index in [-0.39, 0.29) is 38.1 Å². The first-order chi connectivity index (χ1) is 12.6. The van der Waals surface area contributed by atoms with Crippen LogP contribution in [0.25, 0.3) is 11.0 Å². The summed E-state index contributed by atoms with van der Waals surface area (Å²) in [4.78, 5) is 20.1. The van der Waals surface area contributed by atoms with Crippen LogP contribution in [-0.2, 0) is 13.2 Å². The number of carbonyl (C=O) groups excluding carboxylic acids is 1. The van der Waals surface area contributed by atoms with Gasteiger partial charge in [0.1, 0.15) is 11.3 Å². The third-order valence-corrected chi connectivity index (χ3v) is 4.37. The molecule has 0 unspecified atom stereocenters. The number of nitrogens with zero attached hydrogens (tertiary/aromatic N) is 3. The lowest BCUT2D eigenvalue weighted by Gasteiger charge is -2.11. The number of aryl methyl sites for hydroxylation is 1. The number of amides is 1. The van der Waals surface area contributed by atoms with Gasteiger partial charge in [0.2, 0.25) is 5.82 Å². The fraction of sp³-hybridized carbons (Fsp3) is 0.188. The predicted octanol–water partition coefficient (Wildman–Crippen LogP) is 4.55. The van der Waals surface area contributed by atoms with E-state index in [1.807, 2.05) is 0 Å². The molecule has 6 nitrogen and oxygen atoms in total. The summed E-state index contributed by atoms with van der Waals surface area (Å²) in [6, 6.07) is 2.70. The number of alkyl halides is 3. The average Bonchev–Trinajstić information content (AvgIpc) is 2.95. The molecule has 3 aromatic rings. The third kappa shape index (κ3) is 3.40. The van der Waals surface area contributed by atoms with Crippen LogP contribution < -0.4 is 10.1 Å². The number of halogens is 5. The first-order valence-corrected chi connectivity index (χ1v) is 8.11. The molecule has 0 spiro atoms. The third-order valence-electron chi connectivity index (χ3n) is 3.80. The van der Waals surface area contributed by atoms with Crippen molar-refractivity contribution in [2.75, 3.05) is 12.4 Å². The van der Waals surface area contributed by atoms with Crippen LogP contribution in [0.5, 0.6) is 5.75 Å². The van der Waals surface area contributed by atoms with E-state index in [0.29, 0.717) is 0 Å². The van der Waals surface area contributed by atoms with Crippen molar-refractivity contribution in [3.05, 3.63) is 46.0 Å². The van der Waals surface area contributed by atoms with Gasteiger partial charge in [-0.15, -0.1) is 0 Å². The Hall–Kier alpha value is -2.52. The van der Waals surface area contributed by atoms with Crippen molar-refractivity contribution < 1.29 is 22.7 Å². The molecule has 0 atom stereocenters. The second-order valence-electron chi connectivity index (χ2n) is 5.44. The first-order valence-electron chi connectivity index (χ1n) is 7.36. The highest BCUT2D eigenvalue weighted by Crippen LogP contribution is 2.36. The van der Waals surface area contributed by atoms with Crippen LogP contribution in [0.1, 0.15) is 16.2 Å². The van der Waals surface area contributed by atoms with Gasteiger partial charge in [-0.2, -0.15) is 13.2 Å². The molecule has 0 radical (unpaired) electrons. The van der Waals surface area contributed by atoms with E-state index < -0.39 is 17.9 Å². The first kappa shape index (κ1) is 19.2. The Kier molecular flexibility index (Phi) is 4.92. The zero-order valence-corrected chi connectivity index (χ0v) is 15.4. The lowest BCUT2D eigenvalue weighted by atomic mass is 10.1. The fourth-order valence-corrected chi connectivity index (χ4v) is 3.07. The topological polar surface area (TPSA) is 69.0 Å². The Morgan fingerprint density at radius 1 is 1.22 bits per heavy atom. The number of rotatable bonds is 3.